The van der Waals surface area contributed by atoms with Gasteiger partial charge < -0.3 is 15.2 Å². The van der Waals surface area contributed by atoms with Gasteiger partial charge in [-0.15, -0.1) is 0 Å². The summed E-state index contributed by atoms with van der Waals surface area (Å²) in [5.41, 5.74) is 0.304. The second-order valence-corrected chi connectivity index (χ2v) is 2.35. The topological polar surface area (TPSA) is 88.5 Å². The lowest BCUT2D eigenvalue weighted by Crippen LogP contribution is -2.21. The zero-order chi connectivity index (χ0) is 10.6. The van der Waals surface area contributed by atoms with Gasteiger partial charge in [-0.2, -0.15) is 0 Å². The van der Waals surface area contributed by atoms with Crippen LogP contribution in [0.2, 0.25) is 0 Å². The Morgan fingerprint density at radius 3 is 2.64 bits per heavy atom. The predicted octanol–water partition coefficient (Wildman–Crippen LogP) is 0.113. The molecule has 0 aliphatic heterocycles. The molecule has 0 unspecified atom stereocenters. The summed E-state index contributed by atoms with van der Waals surface area (Å²) >= 11 is 0. The van der Waals surface area contributed by atoms with Gasteiger partial charge in [-0.25, -0.2) is 9.78 Å². The van der Waals surface area contributed by atoms with Crippen LogP contribution in [0.4, 0.5) is 5.69 Å². The smallest absolute Gasteiger partial charge is 0.394 e. The van der Waals surface area contributed by atoms with E-state index in [0.29, 0.717) is 11.6 Å². The molecule has 0 bridgehead atoms. The molecule has 1 aromatic rings. The van der Waals surface area contributed by atoms with Gasteiger partial charge in [0.05, 0.1) is 19.0 Å². The van der Waals surface area contributed by atoms with Crippen LogP contribution in [0.1, 0.15) is 0 Å². The van der Waals surface area contributed by atoms with E-state index in [0.717, 1.165) is 0 Å². The molecule has 1 heterocycles. The number of carbonyl (C=O) groups excluding carboxylic acids is 1. The Bertz CT molecular complexity index is 347. The van der Waals surface area contributed by atoms with Crippen molar-refractivity contribution >= 4 is 17.6 Å². The van der Waals surface area contributed by atoms with Gasteiger partial charge >= 0.3 is 11.9 Å². The normalized spacial score (nSPS) is 9.21. The molecular formula is C8H8N2O4. The minimum Gasteiger partial charge on any atom is -0.481 e. The highest BCUT2D eigenvalue weighted by Gasteiger charge is 2.10. The second-order valence-electron chi connectivity index (χ2n) is 2.35. The fourth-order valence-electron chi connectivity index (χ4n) is 0.760. The minimum atomic E-state index is -1.54. The first-order chi connectivity index (χ1) is 6.63. The first-order valence-electron chi connectivity index (χ1n) is 3.68. The molecule has 0 radical (unpaired) electrons. The van der Waals surface area contributed by atoms with Gasteiger partial charge in [-0.1, -0.05) is 0 Å². The zero-order valence-electron chi connectivity index (χ0n) is 7.35. The Labute approximate surface area is 79.5 Å². The summed E-state index contributed by atoms with van der Waals surface area (Å²) < 4.78 is 4.78. The summed E-state index contributed by atoms with van der Waals surface area (Å²) in [5.74, 6) is -2.25. The molecule has 0 atom stereocenters. The largest absolute Gasteiger partial charge is 0.481 e. The van der Waals surface area contributed by atoms with E-state index in [1.807, 2.05) is 0 Å². The number of hydrogen-bond acceptors (Lipinski definition) is 4. The van der Waals surface area contributed by atoms with Crippen molar-refractivity contribution in [3.63, 3.8) is 0 Å². The van der Waals surface area contributed by atoms with Crippen LogP contribution >= 0.6 is 0 Å². The molecule has 1 rings (SSSR count). The third-order valence-corrected chi connectivity index (χ3v) is 1.40. The number of aliphatic carboxylic acids is 1. The van der Waals surface area contributed by atoms with E-state index in [9.17, 15) is 9.59 Å². The van der Waals surface area contributed by atoms with Crippen molar-refractivity contribution in [2.75, 3.05) is 12.4 Å². The highest BCUT2D eigenvalue weighted by atomic mass is 16.5. The predicted molar refractivity (Wildman–Crippen MR) is 47.1 cm³/mol. The lowest BCUT2D eigenvalue weighted by atomic mass is 10.4. The van der Waals surface area contributed by atoms with Crippen molar-refractivity contribution in [1.82, 2.24) is 4.98 Å². The molecule has 0 aliphatic carbocycles. The Kier molecular flexibility index (Phi) is 3.01. The minimum absolute atomic E-state index is 0.304. The van der Waals surface area contributed by atoms with Gasteiger partial charge in [0.25, 0.3) is 0 Å². The number of aromatic nitrogens is 1. The highest BCUT2D eigenvalue weighted by molar-refractivity contribution is 6.36. The summed E-state index contributed by atoms with van der Waals surface area (Å²) in [4.78, 5) is 24.6. The molecule has 6 heteroatoms. The van der Waals surface area contributed by atoms with Crippen molar-refractivity contribution in [1.29, 1.82) is 0 Å². The van der Waals surface area contributed by atoms with E-state index in [4.69, 9.17) is 9.84 Å². The number of ether oxygens (including phenoxy) is 1. The maximum atomic E-state index is 10.7. The zero-order valence-corrected chi connectivity index (χ0v) is 7.35. The van der Waals surface area contributed by atoms with Crippen LogP contribution < -0.4 is 10.1 Å². The van der Waals surface area contributed by atoms with Crippen LogP contribution in [-0.2, 0) is 9.59 Å². The summed E-state index contributed by atoms with van der Waals surface area (Å²) in [5, 5.41) is 10.4. The van der Waals surface area contributed by atoms with Gasteiger partial charge in [0.1, 0.15) is 0 Å². The number of hydrogen-bond donors (Lipinski definition) is 2. The quantitative estimate of drug-likeness (QED) is 0.655. The van der Waals surface area contributed by atoms with E-state index < -0.39 is 11.9 Å². The number of rotatable bonds is 2. The summed E-state index contributed by atoms with van der Waals surface area (Å²) in [6.45, 7) is 0. The van der Waals surface area contributed by atoms with Crippen molar-refractivity contribution in [2.24, 2.45) is 0 Å². The van der Waals surface area contributed by atoms with Crippen molar-refractivity contribution in [3.05, 3.63) is 18.3 Å². The first-order valence-corrected chi connectivity index (χ1v) is 3.68. The molecule has 0 saturated heterocycles. The molecule has 1 aromatic heterocycles. The maximum absolute atomic E-state index is 10.7. The van der Waals surface area contributed by atoms with Crippen LogP contribution in [0.15, 0.2) is 18.3 Å². The molecule has 0 fully saturated rings. The highest BCUT2D eigenvalue weighted by Crippen LogP contribution is 2.10. The number of nitrogens with zero attached hydrogens (tertiary/aromatic N) is 1. The number of nitrogens with one attached hydrogen (secondary N) is 1. The van der Waals surface area contributed by atoms with E-state index in [1.165, 1.54) is 25.4 Å². The van der Waals surface area contributed by atoms with Crippen molar-refractivity contribution in [3.8, 4) is 5.88 Å². The van der Waals surface area contributed by atoms with Crippen molar-refractivity contribution in [2.45, 2.75) is 0 Å². The SMILES string of the molecule is COc1ccc(NC(=O)C(=O)O)cn1. The van der Waals surface area contributed by atoms with E-state index in [1.54, 1.807) is 0 Å². The molecule has 14 heavy (non-hydrogen) atoms. The number of anilines is 1. The summed E-state index contributed by atoms with van der Waals surface area (Å²) in [6, 6.07) is 3.00. The average molecular weight is 196 g/mol. The fraction of sp³-hybridized carbons (Fsp3) is 0.125. The third-order valence-electron chi connectivity index (χ3n) is 1.40. The van der Waals surface area contributed by atoms with Gasteiger partial charge in [-0.3, -0.25) is 4.79 Å². The molecule has 2 N–H and O–H groups in total. The molecule has 6 nitrogen and oxygen atoms in total. The molecule has 1 amide bonds. The second kappa shape index (κ2) is 4.22. The van der Waals surface area contributed by atoms with Crippen LogP contribution in [0.3, 0.4) is 0 Å². The lowest BCUT2D eigenvalue weighted by molar-refractivity contribution is -0.147. The number of carbonyl (C=O) groups is 2. The standard InChI is InChI=1S/C8H8N2O4/c1-14-6-3-2-5(4-9-6)10-7(11)8(12)13/h2-4H,1H3,(H,10,11)(H,12,13). The Hall–Kier alpha value is -2.11. The summed E-state index contributed by atoms with van der Waals surface area (Å²) in [7, 11) is 1.46. The average Bonchev–Trinajstić information content (AvgIpc) is 2.19. The van der Waals surface area contributed by atoms with Gasteiger partial charge in [0.2, 0.25) is 5.88 Å². The number of methoxy groups -OCH3 is 1. The Morgan fingerprint density at radius 2 is 2.21 bits per heavy atom. The molecule has 0 aromatic carbocycles. The Balaban J connectivity index is 2.69. The summed E-state index contributed by atoms with van der Waals surface area (Å²) in [6.07, 6.45) is 1.31. The number of carboxylic acid groups (broad SMARTS) is 1. The molecule has 0 spiro atoms. The van der Waals surface area contributed by atoms with Crippen LogP contribution in [-0.4, -0.2) is 29.1 Å². The number of pyridine rings is 1. The van der Waals surface area contributed by atoms with Gasteiger partial charge in [-0.05, 0) is 6.07 Å². The lowest BCUT2D eigenvalue weighted by Gasteiger charge is -2.02. The van der Waals surface area contributed by atoms with Crippen molar-refractivity contribution < 1.29 is 19.4 Å². The third kappa shape index (κ3) is 2.44. The van der Waals surface area contributed by atoms with Crippen LogP contribution in [0.5, 0.6) is 5.88 Å². The van der Waals surface area contributed by atoms with Crippen LogP contribution in [0.25, 0.3) is 0 Å². The van der Waals surface area contributed by atoms with Crippen LogP contribution in [0, 0.1) is 0 Å². The Morgan fingerprint density at radius 1 is 1.50 bits per heavy atom. The molecule has 0 saturated carbocycles. The van der Waals surface area contributed by atoms with E-state index in [2.05, 4.69) is 10.3 Å². The van der Waals surface area contributed by atoms with Gasteiger partial charge in [0.15, 0.2) is 0 Å². The van der Waals surface area contributed by atoms with E-state index >= 15 is 0 Å². The number of carboxylic acids is 1. The first kappa shape index (κ1) is 9.97. The van der Waals surface area contributed by atoms with Gasteiger partial charge in [0, 0.05) is 6.07 Å². The van der Waals surface area contributed by atoms with E-state index in [-0.39, 0.29) is 0 Å². The molecular weight excluding hydrogens is 188 g/mol. The number of amides is 1. The fourth-order valence-corrected chi connectivity index (χ4v) is 0.760. The molecule has 74 valence electrons. The molecule has 0 aliphatic rings. The maximum Gasteiger partial charge on any atom is 0.394 e. The monoisotopic (exact) mass is 196 g/mol.